The molecule has 2 fully saturated rings. The van der Waals surface area contributed by atoms with Crippen LogP contribution in [0.25, 0.3) is 0 Å². The SMILES string of the molecule is CC(C)OC1OC(COCO)[C@@H](O)C(O)[C@@H]1O[C@@H]1OC(COCO)[C@@H](O)C(O)[C@@H]1O. The van der Waals surface area contributed by atoms with Crippen molar-refractivity contribution in [3.63, 3.8) is 0 Å². The molecule has 13 heteroatoms. The lowest BCUT2D eigenvalue weighted by atomic mass is 9.97. The lowest BCUT2D eigenvalue weighted by Crippen LogP contribution is -2.65. The van der Waals surface area contributed by atoms with Gasteiger partial charge in [-0.05, 0) is 13.8 Å². The van der Waals surface area contributed by atoms with Crippen LogP contribution in [0.4, 0.5) is 0 Å². The molecule has 5 unspecified atom stereocenters. The van der Waals surface area contributed by atoms with Gasteiger partial charge < -0.3 is 64.2 Å². The summed E-state index contributed by atoms with van der Waals surface area (Å²) < 4.78 is 31.9. The Morgan fingerprint density at radius 1 is 0.700 bits per heavy atom. The number of ether oxygens (including phenoxy) is 6. The van der Waals surface area contributed by atoms with Crippen LogP contribution in [0.15, 0.2) is 0 Å². The zero-order valence-corrected chi connectivity index (χ0v) is 16.8. The second-order valence-corrected chi connectivity index (χ2v) is 7.32. The molecular formula is C17H32O13. The Labute approximate surface area is 173 Å². The minimum Gasteiger partial charge on any atom is -0.387 e. The smallest absolute Gasteiger partial charge is 0.187 e. The summed E-state index contributed by atoms with van der Waals surface area (Å²) in [5.74, 6) is 0. The Balaban J connectivity index is 2.15. The Morgan fingerprint density at radius 2 is 1.20 bits per heavy atom. The molecule has 7 N–H and O–H groups in total. The van der Waals surface area contributed by atoms with Crippen LogP contribution in [0, 0.1) is 0 Å². The Morgan fingerprint density at radius 3 is 1.70 bits per heavy atom. The molecule has 0 radical (unpaired) electrons. The summed E-state index contributed by atoms with van der Waals surface area (Å²) in [6, 6.07) is 0. The molecule has 2 rings (SSSR count). The quantitative estimate of drug-likeness (QED) is 0.161. The van der Waals surface area contributed by atoms with Crippen LogP contribution in [0.2, 0.25) is 0 Å². The van der Waals surface area contributed by atoms with Crippen LogP contribution in [0.3, 0.4) is 0 Å². The third-order valence-corrected chi connectivity index (χ3v) is 4.76. The standard InChI is InChI=1S/C17H32O13/c1-7(2)27-17-15(13(23)11(21)9(29-17)4-26-6-19)30-16-14(24)12(22)10(20)8(28-16)3-25-5-18/h7-24H,3-6H2,1-2H3/t8?,9?,10-,11-,12?,13?,14+,15+,16+,17?/m1/s1. The minimum atomic E-state index is -1.70. The number of hydrogen-bond donors (Lipinski definition) is 7. The van der Waals surface area contributed by atoms with Crippen molar-refractivity contribution < 1.29 is 64.2 Å². The number of hydrogen-bond acceptors (Lipinski definition) is 13. The van der Waals surface area contributed by atoms with Crippen LogP contribution in [-0.2, 0) is 28.4 Å². The molecule has 0 saturated carbocycles. The van der Waals surface area contributed by atoms with Crippen molar-refractivity contribution in [3.05, 3.63) is 0 Å². The third kappa shape index (κ3) is 6.26. The summed E-state index contributed by atoms with van der Waals surface area (Å²) in [5, 5.41) is 68.8. The van der Waals surface area contributed by atoms with Crippen LogP contribution in [-0.4, -0.2) is 130 Å². The summed E-state index contributed by atoms with van der Waals surface area (Å²) in [4.78, 5) is 0. The minimum absolute atomic E-state index is 0.229. The van der Waals surface area contributed by atoms with Gasteiger partial charge in [0.2, 0.25) is 0 Å². The Bertz CT molecular complexity index is 494. The van der Waals surface area contributed by atoms with Gasteiger partial charge in [-0.15, -0.1) is 0 Å². The average Bonchev–Trinajstić information content (AvgIpc) is 2.71. The van der Waals surface area contributed by atoms with E-state index in [2.05, 4.69) is 0 Å². The second kappa shape index (κ2) is 11.9. The highest BCUT2D eigenvalue weighted by Crippen LogP contribution is 2.30. The maximum absolute atomic E-state index is 10.6. The molecule has 0 aromatic carbocycles. The summed E-state index contributed by atoms with van der Waals surface area (Å²) in [6.45, 7) is 1.60. The molecule has 0 aliphatic carbocycles. The lowest BCUT2D eigenvalue weighted by Gasteiger charge is -2.46. The number of rotatable bonds is 10. The molecule has 0 bridgehead atoms. The van der Waals surface area contributed by atoms with Crippen LogP contribution >= 0.6 is 0 Å². The molecule has 0 aromatic rings. The molecule has 2 saturated heterocycles. The molecule has 13 nitrogen and oxygen atoms in total. The lowest BCUT2D eigenvalue weighted by molar-refractivity contribution is -0.372. The molecule has 2 aliphatic rings. The highest BCUT2D eigenvalue weighted by Gasteiger charge is 2.51. The van der Waals surface area contributed by atoms with E-state index in [0.29, 0.717) is 0 Å². The van der Waals surface area contributed by atoms with Gasteiger partial charge in [-0.1, -0.05) is 0 Å². The van der Waals surface area contributed by atoms with E-state index in [1.54, 1.807) is 13.8 Å². The summed E-state index contributed by atoms with van der Waals surface area (Å²) in [7, 11) is 0. The van der Waals surface area contributed by atoms with Crippen LogP contribution in [0.1, 0.15) is 13.8 Å². The second-order valence-electron chi connectivity index (χ2n) is 7.32. The van der Waals surface area contributed by atoms with Gasteiger partial charge in [0.05, 0.1) is 19.3 Å². The van der Waals surface area contributed by atoms with Gasteiger partial charge in [-0.3, -0.25) is 0 Å². The fraction of sp³-hybridized carbons (Fsp3) is 1.00. The zero-order chi connectivity index (χ0) is 22.4. The van der Waals surface area contributed by atoms with Crippen LogP contribution < -0.4 is 0 Å². The molecule has 178 valence electrons. The first-order valence-electron chi connectivity index (χ1n) is 9.60. The van der Waals surface area contributed by atoms with E-state index in [1.165, 1.54) is 0 Å². The van der Waals surface area contributed by atoms with Crippen molar-refractivity contribution in [3.8, 4) is 0 Å². The molecule has 0 spiro atoms. The van der Waals surface area contributed by atoms with Gasteiger partial charge in [0, 0.05) is 0 Å². The van der Waals surface area contributed by atoms with Crippen molar-refractivity contribution in [2.45, 2.75) is 81.4 Å². The van der Waals surface area contributed by atoms with E-state index < -0.39 is 75.0 Å². The molecule has 2 aliphatic heterocycles. The third-order valence-electron chi connectivity index (χ3n) is 4.76. The first kappa shape index (κ1) is 25.7. The highest BCUT2D eigenvalue weighted by atomic mass is 16.8. The topological polar surface area (TPSA) is 197 Å². The highest BCUT2D eigenvalue weighted by molar-refractivity contribution is 4.94. The van der Waals surface area contributed by atoms with Gasteiger partial charge in [0.15, 0.2) is 12.6 Å². The van der Waals surface area contributed by atoms with E-state index in [4.69, 9.17) is 38.6 Å². The van der Waals surface area contributed by atoms with Crippen molar-refractivity contribution in [1.29, 1.82) is 0 Å². The van der Waals surface area contributed by atoms with E-state index in [1.807, 2.05) is 0 Å². The van der Waals surface area contributed by atoms with Crippen molar-refractivity contribution in [2.24, 2.45) is 0 Å². The van der Waals surface area contributed by atoms with Crippen molar-refractivity contribution in [2.75, 3.05) is 26.8 Å². The van der Waals surface area contributed by atoms with Gasteiger partial charge in [0.25, 0.3) is 0 Å². The Hall–Kier alpha value is -0.520. The summed E-state index contributed by atoms with van der Waals surface area (Å²) in [5.41, 5.74) is 0. The fourth-order valence-corrected chi connectivity index (χ4v) is 3.22. The predicted octanol–water partition coefficient (Wildman–Crippen LogP) is -4.02. The molecule has 30 heavy (non-hydrogen) atoms. The van der Waals surface area contributed by atoms with Gasteiger partial charge in [0.1, 0.15) is 62.4 Å². The molecule has 10 atom stereocenters. The largest absolute Gasteiger partial charge is 0.387 e. The molecule has 0 aromatic heterocycles. The van der Waals surface area contributed by atoms with Crippen molar-refractivity contribution >= 4 is 0 Å². The summed E-state index contributed by atoms with van der Waals surface area (Å²) >= 11 is 0. The maximum atomic E-state index is 10.6. The van der Waals surface area contributed by atoms with Gasteiger partial charge in [-0.25, -0.2) is 0 Å². The fourth-order valence-electron chi connectivity index (χ4n) is 3.22. The summed E-state index contributed by atoms with van der Waals surface area (Å²) in [6.07, 6.45) is -14.6. The normalized spacial score (nSPS) is 42.6. The van der Waals surface area contributed by atoms with Crippen LogP contribution in [0.5, 0.6) is 0 Å². The monoisotopic (exact) mass is 444 g/mol. The van der Waals surface area contributed by atoms with Crippen molar-refractivity contribution in [1.82, 2.24) is 0 Å². The first-order valence-corrected chi connectivity index (χ1v) is 9.60. The zero-order valence-electron chi connectivity index (χ0n) is 16.8. The average molecular weight is 444 g/mol. The Kier molecular flexibility index (Phi) is 10.2. The predicted molar refractivity (Wildman–Crippen MR) is 94.5 cm³/mol. The van der Waals surface area contributed by atoms with E-state index in [9.17, 15) is 25.5 Å². The number of aliphatic hydroxyl groups excluding tert-OH is 7. The van der Waals surface area contributed by atoms with E-state index >= 15 is 0 Å². The molecule has 2 heterocycles. The number of aliphatic hydroxyl groups is 7. The first-order chi connectivity index (χ1) is 14.2. The van der Waals surface area contributed by atoms with Gasteiger partial charge >= 0.3 is 0 Å². The van der Waals surface area contributed by atoms with Gasteiger partial charge in [-0.2, -0.15) is 0 Å². The van der Waals surface area contributed by atoms with E-state index in [0.717, 1.165) is 0 Å². The van der Waals surface area contributed by atoms with E-state index in [-0.39, 0.29) is 19.3 Å². The maximum Gasteiger partial charge on any atom is 0.187 e. The molecular weight excluding hydrogens is 412 g/mol. The molecule has 0 amide bonds.